The van der Waals surface area contributed by atoms with Crippen molar-refractivity contribution >= 4 is 5.91 Å². The van der Waals surface area contributed by atoms with Gasteiger partial charge in [0.15, 0.2) is 0 Å². The molecule has 3 atom stereocenters. The number of ether oxygens (including phenoxy) is 1. The fourth-order valence-electron chi connectivity index (χ4n) is 5.19. The fourth-order valence-corrected chi connectivity index (χ4v) is 5.19. The molecule has 1 saturated carbocycles. The second kappa shape index (κ2) is 6.29. The van der Waals surface area contributed by atoms with Crippen molar-refractivity contribution in [2.24, 2.45) is 11.8 Å². The molecule has 0 unspecified atom stereocenters. The van der Waals surface area contributed by atoms with Crippen molar-refractivity contribution in [1.82, 2.24) is 9.80 Å². The van der Waals surface area contributed by atoms with Gasteiger partial charge in [0.05, 0.1) is 7.11 Å². The molecular formula is C20H28N2O3. The molecule has 25 heavy (non-hydrogen) atoms. The maximum absolute atomic E-state index is 12.9. The molecule has 4 rings (SSSR count). The normalized spacial score (nSPS) is 31.3. The smallest absolute Gasteiger partial charge is 0.254 e. The van der Waals surface area contributed by atoms with Gasteiger partial charge in [-0.25, -0.2) is 0 Å². The van der Waals surface area contributed by atoms with Crippen LogP contribution in [0.4, 0.5) is 0 Å². The van der Waals surface area contributed by atoms with E-state index in [0.717, 1.165) is 38.2 Å². The van der Waals surface area contributed by atoms with E-state index in [1.165, 1.54) is 5.56 Å². The number of aliphatic hydroxyl groups is 1. The Hall–Kier alpha value is -1.59. The van der Waals surface area contributed by atoms with Crippen molar-refractivity contribution in [2.45, 2.75) is 37.3 Å². The first-order valence-electron chi connectivity index (χ1n) is 9.38. The standard InChI is InChI=1S/C20H28N2O3/c1-21-11-15-12-22(19(23)20(24)9-3-4-10-20)13-17(15)18(21)14-5-7-16(25-2)8-6-14/h5-8,15,17-18,24H,3-4,9-13H2,1-2H3/t15-,17+,18+/m0/s1. The number of nitrogens with zero attached hydrogens (tertiary/aromatic N) is 2. The Morgan fingerprint density at radius 3 is 2.48 bits per heavy atom. The largest absolute Gasteiger partial charge is 0.497 e. The van der Waals surface area contributed by atoms with E-state index in [1.54, 1.807) is 7.11 Å². The Labute approximate surface area is 149 Å². The quantitative estimate of drug-likeness (QED) is 0.912. The molecule has 0 spiro atoms. The molecule has 1 aliphatic carbocycles. The lowest BCUT2D eigenvalue weighted by Gasteiger charge is -2.30. The van der Waals surface area contributed by atoms with Crippen LogP contribution >= 0.6 is 0 Å². The van der Waals surface area contributed by atoms with Gasteiger partial charge in [-0.15, -0.1) is 0 Å². The third-order valence-electron chi connectivity index (χ3n) is 6.47. The van der Waals surface area contributed by atoms with Crippen molar-refractivity contribution in [3.05, 3.63) is 29.8 Å². The van der Waals surface area contributed by atoms with Crippen LogP contribution in [-0.2, 0) is 4.79 Å². The molecule has 0 radical (unpaired) electrons. The number of amides is 1. The summed E-state index contributed by atoms with van der Waals surface area (Å²) >= 11 is 0. The number of methoxy groups -OCH3 is 1. The van der Waals surface area contributed by atoms with Gasteiger partial charge in [0, 0.05) is 31.6 Å². The molecule has 2 heterocycles. The van der Waals surface area contributed by atoms with Gasteiger partial charge in [-0.3, -0.25) is 9.69 Å². The van der Waals surface area contributed by atoms with Gasteiger partial charge in [-0.2, -0.15) is 0 Å². The third-order valence-corrected chi connectivity index (χ3v) is 6.47. The summed E-state index contributed by atoms with van der Waals surface area (Å²) in [5, 5.41) is 10.7. The Balaban J connectivity index is 1.51. The predicted octanol–water partition coefficient (Wildman–Crippen LogP) is 2.06. The van der Waals surface area contributed by atoms with Gasteiger partial charge in [0.25, 0.3) is 5.91 Å². The topological polar surface area (TPSA) is 53.0 Å². The minimum Gasteiger partial charge on any atom is -0.497 e. The van der Waals surface area contributed by atoms with E-state index in [-0.39, 0.29) is 5.91 Å². The highest BCUT2D eigenvalue weighted by molar-refractivity contribution is 5.85. The van der Waals surface area contributed by atoms with E-state index in [9.17, 15) is 9.90 Å². The number of carbonyl (C=O) groups is 1. The van der Waals surface area contributed by atoms with Gasteiger partial charge in [-0.1, -0.05) is 12.1 Å². The number of rotatable bonds is 3. The van der Waals surface area contributed by atoms with Crippen molar-refractivity contribution in [3.63, 3.8) is 0 Å². The Kier molecular flexibility index (Phi) is 4.24. The lowest BCUT2D eigenvalue weighted by Crippen LogP contribution is -2.47. The highest BCUT2D eigenvalue weighted by Gasteiger charge is 2.50. The minimum atomic E-state index is -1.10. The second-order valence-corrected chi connectivity index (χ2v) is 8.03. The zero-order valence-electron chi connectivity index (χ0n) is 15.1. The van der Waals surface area contributed by atoms with E-state index in [0.29, 0.717) is 30.7 Å². The number of hydrogen-bond donors (Lipinski definition) is 1. The molecule has 2 saturated heterocycles. The van der Waals surface area contributed by atoms with Crippen LogP contribution < -0.4 is 4.74 Å². The molecule has 0 bridgehead atoms. The first-order chi connectivity index (χ1) is 12.0. The highest BCUT2D eigenvalue weighted by atomic mass is 16.5. The second-order valence-electron chi connectivity index (χ2n) is 8.03. The zero-order chi connectivity index (χ0) is 17.6. The average molecular weight is 344 g/mol. The van der Waals surface area contributed by atoms with Gasteiger partial charge < -0.3 is 14.7 Å². The first-order valence-corrected chi connectivity index (χ1v) is 9.38. The molecule has 5 nitrogen and oxygen atoms in total. The monoisotopic (exact) mass is 344 g/mol. The SMILES string of the molecule is COc1ccc([C@@H]2[C@@H]3CN(C(=O)C4(O)CCCC4)C[C@@H]3CN2C)cc1. The van der Waals surface area contributed by atoms with E-state index >= 15 is 0 Å². The van der Waals surface area contributed by atoms with E-state index in [1.807, 2.05) is 17.0 Å². The van der Waals surface area contributed by atoms with E-state index < -0.39 is 5.60 Å². The fraction of sp³-hybridized carbons (Fsp3) is 0.650. The van der Waals surface area contributed by atoms with E-state index in [4.69, 9.17) is 4.74 Å². The molecule has 3 aliphatic rings. The number of hydrogen-bond acceptors (Lipinski definition) is 4. The van der Waals surface area contributed by atoms with Crippen LogP contribution in [-0.4, -0.2) is 60.2 Å². The molecular weight excluding hydrogens is 316 g/mol. The third kappa shape index (κ3) is 2.83. The molecule has 2 aliphatic heterocycles. The lowest BCUT2D eigenvalue weighted by molar-refractivity contribution is -0.150. The molecule has 5 heteroatoms. The maximum atomic E-state index is 12.9. The van der Waals surface area contributed by atoms with Crippen LogP contribution in [0, 0.1) is 11.8 Å². The van der Waals surface area contributed by atoms with Crippen molar-refractivity contribution in [2.75, 3.05) is 33.8 Å². The Bertz CT molecular complexity index is 639. The number of fused-ring (bicyclic) bond motifs is 1. The van der Waals surface area contributed by atoms with Crippen molar-refractivity contribution in [1.29, 1.82) is 0 Å². The minimum absolute atomic E-state index is 0.0319. The predicted molar refractivity (Wildman–Crippen MR) is 95.3 cm³/mol. The average Bonchev–Trinajstić information content (AvgIpc) is 3.29. The lowest BCUT2D eigenvalue weighted by atomic mass is 9.89. The van der Waals surface area contributed by atoms with Gasteiger partial charge in [0.2, 0.25) is 0 Å². The molecule has 1 aromatic carbocycles. The Morgan fingerprint density at radius 1 is 1.16 bits per heavy atom. The number of benzene rings is 1. The number of likely N-dealkylation sites (tertiary alicyclic amines) is 2. The van der Waals surface area contributed by atoms with E-state index in [2.05, 4.69) is 24.1 Å². The zero-order valence-corrected chi connectivity index (χ0v) is 15.1. The summed E-state index contributed by atoms with van der Waals surface area (Å²) in [7, 11) is 3.85. The maximum Gasteiger partial charge on any atom is 0.254 e. The Morgan fingerprint density at radius 2 is 1.84 bits per heavy atom. The summed E-state index contributed by atoms with van der Waals surface area (Å²) in [5.41, 5.74) is 0.185. The molecule has 3 fully saturated rings. The molecule has 0 aromatic heterocycles. The van der Waals surface area contributed by atoms with Crippen LogP contribution in [0.3, 0.4) is 0 Å². The van der Waals surface area contributed by atoms with Crippen LogP contribution in [0.25, 0.3) is 0 Å². The highest BCUT2D eigenvalue weighted by Crippen LogP contribution is 2.45. The summed E-state index contributed by atoms with van der Waals surface area (Å²) in [6.07, 6.45) is 3.17. The van der Waals surface area contributed by atoms with Gasteiger partial charge >= 0.3 is 0 Å². The van der Waals surface area contributed by atoms with Crippen LogP contribution in [0.1, 0.15) is 37.3 Å². The summed E-state index contributed by atoms with van der Waals surface area (Å²) < 4.78 is 5.27. The van der Waals surface area contributed by atoms with Crippen molar-refractivity contribution < 1.29 is 14.6 Å². The van der Waals surface area contributed by atoms with Crippen LogP contribution in [0.2, 0.25) is 0 Å². The summed E-state index contributed by atoms with van der Waals surface area (Å²) in [4.78, 5) is 17.2. The summed E-state index contributed by atoms with van der Waals surface area (Å²) in [6, 6.07) is 8.62. The molecule has 1 aromatic rings. The molecule has 1 N–H and O–H groups in total. The summed E-state index contributed by atoms with van der Waals surface area (Å²) in [6.45, 7) is 2.54. The number of carbonyl (C=O) groups excluding carboxylic acids is 1. The molecule has 1 amide bonds. The van der Waals surface area contributed by atoms with Gasteiger partial charge in [0.1, 0.15) is 11.4 Å². The molecule has 136 valence electrons. The van der Waals surface area contributed by atoms with Gasteiger partial charge in [-0.05, 0) is 56.3 Å². The van der Waals surface area contributed by atoms with Crippen LogP contribution in [0.15, 0.2) is 24.3 Å². The first kappa shape index (κ1) is 16.9. The van der Waals surface area contributed by atoms with Crippen molar-refractivity contribution in [3.8, 4) is 5.75 Å². The van der Waals surface area contributed by atoms with Crippen LogP contribution in [0.5, 0.6) is 5.75 Å². The summed E-state index contributed by atoms with van der Waals surface area (Å²) in [5.74, 6) is 1.77.